The van der Waals surface area contributed by atoms with Gasteiger partial charge in [-0.3, -0.25) is 14.5 Å². The summed E-state index contributed by atoms with van der Waals surface area (Å²) in [6.07, 6.45) is 0.701. The van der Waals surface area contributed by atoms with Crippen molar-refractivity contribution in [3.05, 3.63) is 101 Å². The molecule has 2 saturated heterocycles. The second kappa shape index (κ2) is 13.0. The number of carbonyl (C=O) groups is 2. The van der Waals surface area contributed by atoms with Crippen LogP contribution >= 0.6 is 0 Å². The van der Waals surface area contributed by atoms with Crippen LogP contribution in [0.25, 0.3) is 5.76 Å². The van der Waals surface area contributed by atoms with Crippen LogP contribution in [0.2, 0.25) is 0 Å². The highest BCUT2D eigenvalue weighted by Crippen LogP contribution is 2.40. The monoisotopic (exact) mass is 556 g/mol. The van der Waals surface area contributed by atoms with Gasteiger partial charge in [-0.25, -0.2) is 0 Å². The van der Waals surface area contributed by atoms with E-state index in [-0.39, 0.29) is 11.3 Å². The number of aliphatic hydroxyl groups is 1. The Morgan fingerprint density at radius 1 is 0.951 bits per heavy atom. The molecule has 3 aromatic carbocycles. The van der Waals surface area contributed by atoms with Crippen molar-refractivity contribution >= 4 is 17.4 Å². The number of morpholine rings is 1. The molecule has 8 heteroatoms. The van der Waals surface area contributed by atoms with E-state index in [1.807, 2.05) is 37.3 Å². The first-order chi connectivity index (χ1) is 19.9. The minimum Gasteiger partial charge on any atom is -0.507 e. The Kier molecular flexibility index (Phi) is 9.01. The number of aryl methyl sites for hydroxylation is 1. The first-order valence-electron chi connectivity index (χ1n) is 14.0. The molecule has 0 aliphatic carbocycles. The van der Waals surface area contributed by atoms with Crippen molar-refractivity contribution in [2.24, 2.45) is 0 Å². The molecule has 1 unspecified atom stereocenters. The SMILES string of the molecule is COc1ccc(C2/C(=C(/O)c3ccc(OCc4cccc(C)c4)cc3)C(=O)C(=O)N2CCCN2CCOCC2)cc1. The first-order valence-corrected chi connectivity index (χ1v) is 14.0. The molecule has 3 aromatic rings. The van der Waals surface area contributed by atoms with Gasteiger partial charge >= 0.3 is 0 Å². The summed E-state index contributed by atoms with van der Waals surface area (Å²) in [4.78, 5) is 30.5. The average molecular weight is 557 g/mol. The van der Waals surface area contributed by atoms with Crippen LogP contribution < -0.4 is 9.47 Å². The molecule has 214 valence electrons. The molecule has 8 nitrogen and oxygen atoms in total. The van der Waals surface area contributed by atoms with Crippen molar-refractivity contribution < 1.29 is 28.9 Å². The maximum Gasteiger partial charge on any atom is 0.295 e. The Bertz CT molecular complexity index is 1390. The van der Waals surface area contributed by atoms with E-state index < -0.39 is 17.7 Å². The van der Waals surface area contributed by atoms with Gasteiger partial charge in [0.15, 0.2) is 0 Å². The molecule has 2 aliphatic rings. The Labute approximate surface area is 240 Å². The molecule has 0 radical (unpaired) electrons. The van der Waals surface area contributed by atoms with Crippen LogP contribution in [0.4, 0.5) is 0 Å². The van der Waals surface area contributed by atoms with Gasteiger partial charge in [-0.05, 0) is 60.9 Å². The molecule has 0 bridgehead atoms. The third-order valence-electron chi connectivity index (χ3n) is 7.56. The fourth-order valence-electron chi connectivity index (χ4n) is 5.37. The molecule has 2 aliphatic heterocycles. The number of ether oxygens (including phenoxy) is 3. The van der Waals surface area contributed by atoms with Gasteiger partial charge in [0.1, 0.15) is 23.9 Å². The van der Waals surface area contributed by atoms with Gasteiger partial charge in [-0.2, -0.15) is 0 Å². The Hall–Kier alpha value is -4.14. The van der Waals surface area contributed by atoms with Crippen LogP contribution in [0.5, 0.6) is 11.5 Å². The van der Waals surface area contributed by atoms with E-state index in [1.54, 1.807) is 48.4 Å². The lowest BCUT2D eigenvalue weighted by atomic mass is 9.95. The van der Waals surface area contributed by atoms with Crippen LogP contribution in [-0.2, 0) is 20.9 Å². The molecule has 5 rings (SSSR count). The Balaban J connectivity index is 1.39. The predicted octanol–water partition coefficient (Wildman–Crippen LogP) is 4.73. The summed E-state index contributed by atoms with van der Waals surface area (Å²) in [5, 5.41) is 11.4. The highest BCUT2D eigenvalue weighted by molar-refractivity contribution is 6.46. The molecule has 41 heavy (non-hydrogen) atoms. The molecule has 2 fully saturated rings. The summed E-state index contributed by atoms with van der Waals surface area (Å²) in [5.41, 5.74) is 3.48. The molecule has 2 heterocycles. The number of benzene rings is 3. The zero-order chi connectivity index (χ0) is 28.8. The average Bonchev–Trinajstić information content (AvgIpc) is 3.25. The minimum atomic E-state index is -0.706. The van der Waals surface area contributed by atoms with Gasteiger partial charge in [-0.15, -0.1) is 0 Å². The highest BCUT2D eigenvalue weighted by Gasteiger charge is 2.45. The second-order valence-electron chi connectivity index (χ2n) is 10.4. The van der Waals surface area contributed by atoms with Crippen molar-refractivity contribution in [2.75, 3.05) is 46.5 Å². The zero-order valence-electron chi connectivity index (χ0n) is 23.5. The van der Waals surface area contributed by atoms with Crippen molar-refractivity contribution in [3.63, 3.8) is 0 Å². The van der Waals surface area contributed by atoms with E-state index in [2.05, 4.69) is 11.0 Å². The van der Waals surface area contributed by atoms with Crippen molar-refractivity contribution in [1.82, 2.24) is 9.80 Å². The second-order valence-corrected chi connectivity index (χ2v) is 10.4. The lowest BCUT2D eigenvalue weighted by Gasteiger charge is -2.29. The van der Waals surface area contributed by atoms with Gasteiger partial charge in [-0.1, -0.05) is 42.0 Å². The normalized spacial score (nSPS) is 19.0. The Morgan fingerprint density at radius 2 is 1.66 bits per heavy atom. The van der Waals surface area contributed by atoms with Gasteiger partial charge in [0.2, 0.25) is 0 Å². The van der Waals surface area contributed by atoms with E-state index in [9.17, 15) is 14.7 Å². The zero-order valence-corrected chi connectivity index (χ0v) is 23.5. The number of carbonyl (C=O) groups excluding carboxylic acids is 2. The number of hydrogen-bond donors (Lipinski definition) is 1. The van der Waals surface area contributed by atoms with Gasteiger partial charge in [0.25, 0.3) is 11.7 Å². The maximum atomic E-state index is 13.4. The van der Waals surface area contributed by atoms with Crippen molar-refractivity contribution in [3.8, 4) is 11.5 Å². The molecule has 0 saturated carbocycles. The third-order valence-corrected chi connectivity index (χ3v) is 7.56. The number of amides is 1. The van der Waals surface area contributed by atoms with Gasteiger partial charge in [0.05, 0.1) is 31.9 Å². The van der Waals surface area contributed by atoms with E-state index in [0.717, 1.165) is 36.3 Å². The fraction of sp³-hybridized carbons (Fsp3) is 0.333. The largest absolute Gasteiger partial charge is 0.507 e. The number of Topliss-reactive ketones (excluding diaryl/α,β-unsaturated/α-hetero) is 1. The first kappa shape index (κ1) is 28.4. The van der Waals surface area contributed by atoms with Crippen LogP contribution in [0.3, 0.4) is 0 Å². The number of methoxy groups -OCH3 is 1. The van der Waals surface area contributed by atoms with E-state index in [1.165, 1.54) is 0 Å². The summed E-state index contributed by atoms with van der Waals surface area (Å²) in [5.74, 6) is -0.190. The fourth-order valence-corrected chi connectivity index (χ4v) is 5.37. The summed E-state index contributed by atoms with van der Waals surface area (Å²) in [6, 6.07) is 21.6. The summed E-state index contributed by atoms with van der Waals surface area (Å²) >= 11 is 0. The summed E-state index contributed by atoms with van der Waals surface area (Å²) in [7, 11) is 1.58. The van der Waals surface area contributed by atoms with Crippen LogP contribution in [0.1, 0.15) is 34.7 Å². The van der Waals surface area contributed by atoms with E-state index in [0.29, 0.717) is 49.8 Å². The Morgan fingerprint density at radius 3 is 2.34 bits per heavy atom. The topological polar surface area (TPSA) is 88.5 Å². The maximum absolute atomic E-state index is 13.4. The number of nitrogens with zero attached hydrogens (tertiary/aromatic N) is 2. The molecular formula is C33H36N2O6. The lowest BCUT2D eigenvalue weighted by molar-refractivity contribution is -0.140. The van der Waals surface area contributed by atoms with Crippen LogP contribution in [0.15, 0.2) is 78.4 Å². The standard InChI is InChI=1S/C33H36N2O6/c1-23-5-3-6-24(21-23)22-41-28-13-9-26(10-14-28)31(36)29-30(25-7-11-27(39-2)12-8-25)35(33(38)32(29)37)16-4-15-34-17-19-40-20-18-34/h3,5-14,21,30,36H,4,15-20,22H2,1-2H3/b31-29-. The molecule has 1 atom stereocenters. The lowest BCUT2D eigenvalue weighted by Crippen LogP contribution is -2.38. The molecule has 0 aromatic heterocycles. The molecular weight excluding hydrogens is 520 g/mol. The van der Waals surface area contributed by atoms with Crippen molar-refractivity contribution in [2.45, 2.75) is 26.0 Å². The predicted molar refractivity (Wildman–Crippen MR) is 156 cm³/mol. The highest BCUT2D eigenvalue weighted by atomic mass is 16.5. The van der Waals surface area contributed by atoms with Gasteiger partial charge in [0, 0.05) is 31.7 Å². The third kappa shape index (κ3) is 6.61. The van der Waals surface area contributed by atoms with Crippen LogP contribution in [-0.4, -0.2) is 73.1 Å². The molecule has 1 amide bonds. The quantitative estimate of drug-likeness (QED) is 0.220. The minimum absolute atomic E-state index is 0.0833. The van der Waals surface area contributed by atoms with E-state index in [4.69, 9.17) is 14.2 Å². The number of likely N-dealkylation sites (tertiary alicyclic amines) is 1. The molecule has 0 spiro atoms. The summed E-state index contributed by atoms with van der Waals surface area (Å²) < 4.78 is 16.7. The number of aliphatic hydroxyl groups excluding tert-OH is 1. The summed E-state index contributed by atoms with van der Waals surface area (Å²) in [6.45, 7) is 6.75. The van der Waals surface area contributed by atoms with Gasteiger partial charge < -0.3 is 24.2 Å². The number of rotatable bonds is 10. The molecule has 1 N–H and O–H groups in total. The van der Waals surface area contributed by atoms with Crippen LogP contribution in [0, 0.1) is 6.92 Å². The van der Waals surface area contributed by atoms with Crippen molar-refractivity contribution in [1.29, 1.82) is 0 Å². The van der Waals surface area contributed by atoms with E-state index >= 15 is 0 Å². The smallest absolute Gasteiger partial charge is 0.295 e. The number of ketones is 1. The number of hydrogen-bond acceptors (Lipinski definition) is 7.